The summed E-state index contributed by atoms with van der Waals surface area (Å²) in [4.78, 5) is 13.2. The Morgan fingerprint density at radius 3 is 2.58 bits per heavy atom. The highest BCUT2D eigenvalue weighted by Gasteiger charge is 2.38. The van der Waals surface area contributed by atoms with E-state index >= 15 is 0 Å². The van der Waals surface area contributed by atoms with Crippen molar-refractivity contribution in [3.05, 3.63) is 41.5 Å². The molecule has 7 heteroatoms. The Kier molecular flexibility index (Phi) is 7.17. The van der Waals surface area contributed by atoms with Gasteiger partial charge in [-0.15, -0.1) is 0 Å². The van der Waals surface area contributed by atoms with E-state index in [1.54, 1.807) is 24.3 Å². The van der Waals surface area contributed by atoms with Gasteiger partial charge in [-0.2, -0.15) is 13.2 Å². The van der Waals surface area contributed by atoms with Gasteiger partial charge in [-0.3, -0.25) is 9.69 Å². The van der Waals surface area contributed by atoms with Crippen LogP contribution in [0.25, 0.3) is 10.8 Å². The van der Waals surface area contributed by atoms with E-state index in [2.05, 4.69) is 11.8 Å². The number of piperidine rings is 1. The number of carbonyl (C=O) groups is 1. The van der Waals surface area contributed by atoms with Gasteiger partial charge in [0.2, 0.25) is 0 Å². The molecule has 1 atom stereocenters. The maximum Gasteiger partial charge on any atom is 0.420 e. The summed E-state index contributed by atoms with van der Waals surface area (Å²) in [6, 6.07) is 8.45. The average Bonchev–Trinajstić information content (AvgIpc) is 2.74. The Balaban J connectivity index is 1.66. The van der Waals surface area contributed by atoms with Crippen molar-refractivity contribution in [2.75, 3.05) is 13.1 Å². The van der Waals surface area contributed by atoms with Gasteiger partial charge in [-0.1, -0.05) is 31.2 Å². The summed E-state index contributed by atoms with van der Waals surface area (Å²) in [5.74, 6) is -0.291. The molecule has 1 N–H and O–H groups in total. The molecule has 2 aromatic rings. The zero-order chi connectivity index (χ0) is 23.6. The number of hydrogen-bond donors (Lipinski definition) is 1. The summed E-state index contributed by atoms with van der Waals surface area (Å²) < 4.78 is 49.2. The first-order valence-corrected chi connectivity index (χ1v) is 11.9. The number of halogens is 3. The molecule has 0 bridgehead atoms. The minimum absolute atomic E-state index is 0.0286. The maximum atomic E-state index is 14.4. The van der Waals surface area contributed by atoms with E-state index < -0.39 is 17.7 Å². The van der Waals surface area contributed by atoms with Crippen LogP contribution in [0.3, 0.4) is 0 Å². The molecule has 1 saturated heterocycles. The van der Waals surface area contributed by atoms with Crippen LogP contribution in [-0.2, 0) is 17.5 Å². The van der Waals surface area contributed by atoms with Crippen LogP contribution in [0.5, 0.6) is 5.75 Å². The van der Waals surface area contributed by atoms with Crippen molar-refractivity contribution in [3.8, 4) is 5.75 Å². The van der Waals surface area contributed by atoms with Gasteiger partial charge in [-0.05, 0) is 73.9 Å². The summed E-state index contributed by atoms with van der Waals surface area (Å²) in [6.07, 6.45) is 0.541. The Hall–Kier alpha value is -2.28. The zero-order valence-electron chi connectivity index (χ0n) is 19.0. The van der Waals surface area contributed by atoms with Crippen LogP contribution in [0, 0.1) is 11.8 Å². The number of aliphatic carboxylic acids is 1. The number of rotatable bonds is 6. The molecule has 0 unspecified atom stereocenters. The average molecular weight is 464 g/mol. The fourth-order valence-corrected chi connectivity index (χ4v) is 5.42. The molecule has 4 rings (SSSR count). The lowest BCUT2D eigenvalue weighted by Gasteiger charge is -2.33. The minimum atomic E-state index is -4.54. The monoisotopic (exact) mass is 463 g/mol. The molecule has 2 aromatic carbocycles. The predicted molar refractivity (Wildman–Crippen MR) is 121 cm³/mol. The normalized spacial score (nSPS) is 24.7. The third-order valence-electron chi connectivity index (χ3n) is 7.09. The number of hydrogen-bond acceptors (Lipinski definition) is 3. The molecule has 1 aliphatic carbocycles. The van der Waals surface area contributed by atoms with Crippen molar-refractivity contribution in [2.45, 2.75) is 70.7 Å². The first kappa shape index (κ1) is 23.9. The van der Waals surface area contributed by atoms with E-state index in [0.717, 1.165) is 45.1 Å². The first-order valence-electron chi connectivity index (χ1n) is 11.9. The minimum Gasteiger partial charge on any atom is -0.490 e. The van der Waals surface area contributed by atoms with Crippen molar-refractivity contribution in [2.24, 2.45) is 11.8 Å². The van der Waals surface area contributed by atoms with E-state index in [4.69, 9.17) is 9.84 Å². The second-order valence-electron chi connectivity index (χ2n) is 9.79. The molecule has 1 saturated carbocycles. The second-order valence-corrected chi connectivity index (χ2v) is 9.79. The Morgan fingerprint density at radius 2 is 1.88 bits per heavy atom. The fourth-order valence-electron chi connectivity index (χ4n) is 5.42. The van der Waals surface area contributed by atoms with Gasteiger partial charge in [-0.25, -0.2) is 0 Å². The second kappa shape index (κ2) is 9.92. The fraction of sp³-hybridized carbons (Fsp3) is 0.577. The predicted octanol–water partition coefficient (Wildman–Crippen LogP) is 6.50. The van der Waals surface area contributed by atoms with Gasteiger partial charge in [0, 0.05) is 24.9 Å². The number of ether oxygens (including phenoxy) is 1. The van der Waals surface area contributed by atoms with Gasteiger partial charge < -0.3 is 9.84 Å². The number of carboxylic acid groups (broad SMARTS) is 1. The van der Waals surface area contributed by atoms with Crippen molar-refractivity contribution in [3.63, 3.8) is 0 Å². The molecule has 0 radical (unpaired) electrons. The summed E-state index contributed by atoms with van der Waals surface area (Å²) in [5.41, 5.74) is -0.0770. The van der Waals surface area contributed by atoms with Gasteiger partial charge in [0.15, 0.2) is 0 Å². The molecule has 33 heavy (non-hydrogen) atoms. The maximum absolute atomic E-state index is 14.4. The van der Waals surface area contributed by atoms with Gasteiger partial charge in [0.05, 0.1) is 6.10 Å². The quantitative estimate of drug-likeness (QED) is 0.531. The molecule has 180 valence electrons. The Bertz CT molecular complexity index is 983. The van der Waals surface area contributed by atoms with Gasteiger partial charge in [0.1, 0.15) is 11.3 Å². The molecule has 2 fully saturated rings. The number of alkyl halides is 3. The highest BCUT2D eigenvalue weighted by molar-refractivity contribution is 5.91. The van der Waals surface area contributed by atoms with Gasteiger partial charge in [0.25, 0.3) is 0 Å². The van der Waals surface area contributed by atoms with Crippen molar-refractivity contribution in [1.29, 1.82) is 0 Å². The van der Waals surface area contributed by atoms with E-state index in [0.29, 0.717) is 30.0 Å². The van der Waals surface area contributed by atoms with E-state index in [-0.39, 0.29) is 29.6 Å². The summed E-state index contributed by atoms with van der Waals surface area (Å²) in [6.45, 7) is 3.87. The lowest BCUT2D eigenvalue weighted by molar-refractivity contribution is -0.139. The number of benzene rings is 2. The van der Waals surface area contributed by atoms with Crippen LogP contribution in [0.1, 0.15) is 63.0 Å². The number of nitrogens with zero attached hydrogens (tertiary/aromatic N) is 1. The van der Waals surface area contributed by atoms with Crippen LogP contribution >= 0.6 is 0 Å². The number of fused-ring (bicyclic) bond motifs is 1. The molecule has 0 amide bonds. The van der Waals surface area contributed by atoms with Crippen molar-refractivity contribution >= 4 is 16.7 Å². The Morgan fingerprint density at radius 1 is 1.12 bits per heavy atom. The van der Waals surface area contributed by atoms with E-state index in [1.807, 2.05) is 0 Å². The summed E-state index contributed by atoms with van der Waals surface area (Å²) >= 11 is 0. The molecule has 4 nitrogen and oxygen atoms in total. The largest absolute Gasteiger partial charge is 0.490 e. The first-order chi connectivity index (χ1) is 15.7. The highest BCUT2D eigenvalue weighted by Crippen LogP contribution is 2.44. The van der Waals surface area contributed by atoms with E-state index in [1.165, 1.54) is 6.07 Å². The van der Waals surface area contributed by atoms with Crippen LogP contribution in [0.15, 0.2) is 30.3 Å². The SMILES string of the molecule is CC1CCC(Oc2ccc3cccc(CN4CCC[C@H](CC(=O)O)C4)c3c2C(F)(F)F)CC1. The molecule has 2 aliphatic rings. The van der Waals surface area contributed by atoms with Crippen LogP contribution in [0.4, 0.5) is 13.2 Å². The van der Waals surface area contributed by atoms with E-state index in [9.17, 15) is 18.0 Å². The van der Waals surface area contributed by atoms with Crippen LogP contribution < -0.4 is 4.74 Å². The molecular weight excluding hydrogens is 431 g/mol. The third kappa shape index (κ3) is 5.81. The zero-order valence-corrected chi connectivity index (χ0v) is 19.0. The van der Waals surface area contributed by atoms with Crippen LogP contribution in [0.2, 0.25) is 0 Å². The number of likely N-dealkylation sites (tertiary alicyclic amines) is 1. The third-order valence-corrected chi connectivity index (χ3v) is 7.09. The summed E-state index contributed by atoms with van der Waals surface area (Å²) in [5, 5.41) is 9.88. The molecule has 1 aliphatic heterocycles. The van der Waals surface area contributed by atoms with Crippen molar-refractivity contribution in [1.82, 2.24) is 4.90 Å². The lowest BCUT2D eigenvalue weighted by atomic mass is 9.89. The topological polar surface area (TPSA) is 49.8 Å². The number of carboxylic acids is 1. The van der Waals surface area contributed by atoms with Crippen LogP contribution in [-0.4, -0.2) is 35.2 Å². The highest BCUT2D eigenvalue weighted by atomic mass is 19.4. The standard InChI is InChI=1S/C26H32F3NO3/c1-17-7-10-21(11-8-17)33-22-12-9-19-5-2-6-20(24(19)25(22)26(27,28)29)16-30-13-3-4-18(15-30)14-23(31)32/h2,5-6,9,12,17-18,21H,3-4,7-8,10-11,13-16H2,1H3,(H,31,32)/t17?,18-,21?/m1/s1. The molecule has 0 aromatic heterocycles. The molecule has 1 heterocycles. The Labute approximate surface area is 192 Å². The summed E-state index contributed by atoms with van der Waals surface area (Å²) in [7, 11) is 0. The smallest absolute Gasteiger partial charge is 0.420 e. The lowest BCUT2D eigenvalue weighted by Crippen LogP contribution is -2.35. The molecular formula is C26H32F3NO3. The van der Waals surface area contributed by atoms with Gasteiger partial charge >= 0.3 is 12.1 Å². The molecule has 0 spiro atoms. The van der Waals surface area contributed by atoms with Crippen molar-refractivity contribution < 1.29 is 27.8 Å².